The molecule has 2 amide bonds. The molecule has 3 rings (SSSR count). The van der Waals surface area contributed by atoms with E-state index in [0.29, 0.717) is 11.3 Å². The maximum atomic E-state index is 12.8. The highest BCUT2D eigenvalue weighted by Crippen LogP contribution is 2.12. The Balaban J connectivity index is 1.69. The summed E-state index contributed by atoms with van der Waals surface area (Å²) in [6.07, 6.45) is 4.74. The number of nitrogens with zero attached hydrogens (tertiary/aromatic N) is 2. The first-order valence-corrected chi connectivity index (χ1v) is 10.2. The lowest BCUT2D eigenvalue weighted by atomic mass is 10.2. The van der Waals surface area contributed by atoms with E-state index in [1.54, 1.807) is 42.6 Å². The van der Waals surface area contributed by atoms with Gasteiger partial charge < -0.3 is 20.0 Å². The van der Waals surface area contributed by atoms with E-state index in [1.807, 2.05) is 18.2 Å². The van der Waals surface area contributed by atoms with Crippen molar-refractivity contribution >= 4 is 23.7 Å². The summed E-state index contributed by atoms with van der Waals surface area (Å²) in [5.74, 6) is 0.560. The summed E-state index contributed by atoms with van der Waals surface area (Å²) in [6.45, 7) is 6.19. The average Bonchev–Trinajstić information content (AvgIpc) is 3.32. The average molecular weight is 418 g/mol. The van der Waals surface area contributed by atoms with E-state index in [9.17, 15) is 9.59 Å². The molecule has 2 heterocycles. The smallest absolute Gasteiger partial charge is 0.268 e. The number of benzene rings is 1. The molecule has 2 N–H and O–H groups in total. The van der Waals surface area contributed by atoms with E-state index < -0.39 is 5.91 Å². The van der Waals surface area contributed by atoms with E-state index in [0.717, 1.165) is 24.5 Å². The minimum absolute atomic E-state index is 0.0940. The van der Waals surface area contributed by atoms with Gasteiger partial charge in [0.2, 0.25) is 0 Å². The number of hydrogen-bond acceptors (Lipinski definition) is 5. The molecular formula is C24H26N4O3. The van der Waals surface area contributed by atoms with Crippen molar-refractivity contribution in [3.05, 3.63) is 89.6 Å². The van der Waals surface area contributed by atoms with Gasteiger partial charge in [0, 0.05) is 37.5 Å². The van der Waals surface area contributed by atoms with Crippen LogP contribution in [0.1, 0.15) is 35.5 Å². The number of nitrogens with one attached hydrogen (secondary N) is 2. The molecule has 7 nitrogen and oxygen atoms in total. The number of anilines is 1. The predicted molar refractivity (Wildman–Crippen MR) is 120 cm³/mol. The molecule has 2 aromatic heterocycles. The molecule has 0 spiro atoms. The van der Waals surface area contributed by atoms with Gasteiger partial charge in [-0.2, -0.15) is 0 Å². The van der Waals surface area contributed by atoms with Crippen molar-refractivity contribution in [1.82, 2.24) is 15.6 Å². The first kappa shape index (κ1) is 21.8. The molecule has 160 valence electrons. The van der Waals surface area contributed by atoms with Gasteiger partial charge in [-0.25, -0.2) is 4.98 Å². The number of pyridine rings is 1. The molecule has 0 saturated heterocycles. The summed E-state index contributed by atoms with van der Waals surface area (Å²) in [6, 6.07) is 16.0. The lowest BCUT2D eigenvalue weighted by Gasteiger charge is -2.19. The van der Waals surface area contributed by atoms with E-state index >= 15 is 0 Å². The fourth-order valence-corrected chi connectivity index (χ4v) is 2.99. The fourth-order valence-electron chi connectivity index (χ4n) is 2.99. The molecule has 0 fully saturated rings. The Labute approximate surface area is 181 Å². The SMILES string of the molecule is CCN(CC)c1ccc(CNC(=O)C(=Cc2ccco2)NC(=O)c2ccccc2)cn1. The van der Waals surface area contributed by atoms with Crippen LogP contribution in [0, 0.1) is 0 Å². The number of amides is 2. The highest BCUT2D eigenvalue weighted by atomic mass is 16.3. The molecule has 0 aliphatic carbocycles. The number of carbonyl (C=O) groups excluding carboxylic acids is 2. The first-order chi connectivity index (χ1) is 15.1. The molecule has 0 radical (unpaired) electrons. The predicted octanol–water partition coefficient (Wildman–Crippen LogP) is 3.61. The maximum absolute atomic E-state index is 12.8. The lowest BCUT2D eigenvalue weighted by molar-refractivity contribution is -0.117. The van der Waals surface area contributed by atoms with Gasteiger partial charge in [-0.05, 0) is 49.7 Å². The van der Waals surface area contributed by atoms with Crippen LogP contribution in [0.4, 0.5) is 5.82 Å². The molecular weight excluding hydrogens is 392 g/mol. The molecule has 1 aromatic carbocycles. The molecule has 0 bridgehead atoms. The molecule has 0 unspecified atom stereocenters. The standard InChI is InChI=1S/C24H26N4O3/c1-3-28(4-2)22-13-12-18(16-25-22)17-26-24(30)21(15-20-11-8-14-31-20)27-23(29)19-9-6-5-7-10-19/h5-16H,3-4,17H2,1-2H3,(H,26,30)(H,27,29). The molecule has 31 heavy (non-hydrogen) atoms. The van der Waals surface area contributed by atoms with Gasteiger partial charge in [-0.15, -0.1) is 0 Å². The number of carbonyl (C=O) groups is 2. The van der Waals surface area contributed by atoms with Crippen LogP contribution in [0.2, 0.25) is 0 Å². The second-order valence-corrected chi connectivity index (χ2v) is 6.77. The zero-order valence-corrected chi connectivity index (χ0v) is 17.7. The van der Waals surface area contributed by atoms with Crippen molar-refractivity contribution in [2.24, 2.45) is 0 Å². The van der Waals surface area contributed by atoms with E-state index in [4.69, 9.17) is 4.42 Å². The third-order valence-corrected chi connectivity index (χ3v) is 4.71. The van der Waals surface area contributed by atoms with Crippen molar-refractivity contribution < 1.29 is 14.0 Å². The summed E-state index contributed by atoms with van der Waals surface area (Å²) in [5, 5.41) is 5.50. The van der Waals surface area contributed by atoms with Gasteiger partial charge in [0.05, 0.1) is 6.26 Å². The second kappa shape index (κ2) is 10.8. The van der Waals surface area contributed by atoms with Crippen LogP contribution in [0.25, 0.3) is 6.08 Å². The quantitative estimate of drug-likeness (QED) is 0.519. The third-order valence-electron chi connectivity index (χ3n) is 4.71. The summed E-state index contributed by atoms with van der Waals surface area (Å²) in [7, 11) is 0. The van der Waals surface area contributed by atoms with E-state index in [-0.39, 0.29) is 18.1 Å². The van der Waals surface area contributed by atoms with Crippen LogP contribution in [0.15, 0.2) is 77.2 Å². The molecule has 0 aliphatic heterocycles. The van der Waals surface area contributed by atoms with E-state index in [2.05, 4.69) is 34.4 Å². The Bertz CT molecular complexity index is 1010. The van der Waals surface area contributed by atoms with Crippen molar-refractivity contribution in [2.75, 3.05) is 18.0 Å². The molecule has 0 saturated carbocycles. The Hall–Kier alpha value is -3.87. The van der Waals surface area contributed by atoms with Crippen LogP contribution in [0.5, 0.6) is 0 Å². The van der Waals surface area contributed by atoms with Gasteiger partial charge in [0.25, 0.3) is 11.8 Å². The van der Waals surface area contributed by atoms with Gasteiger partial charge in [0.15, 0.2) is 0 Å². The number of hydrogen-bond donors (Lipinski definition) is 2. The third kappa shape index (κ3) is 6.05. The summed E-state index contributed by atoms with van der Waals surface area (Å²) >= 11 is 0. The number of aromatic nitrogens is 1. The fraction of sp³-hybridized carbons (Fsp3) is 0.208. The van der Waals surface area contributed by atoms with Crippen LogP contribution >= 0.6 is 0 Å². The zero-order valence-electron chi connectivity index (χ0n) is 17.7. The van der Waals surface area contributed by atoms with Crippen molar-refractivity contribution in [1.29, 1.82) is 0 Å². The van der Waals surface area contributed by atoms with Crippen molar-refractivity contribution in [3.8, 4) is 0 Å². The number of furan rings is 1. The minimum atomic E-state index is -0.423. The molecule has 0 atom stereocenters. The monoisotopic (exact) mass is 418 g/mol. The Morgan fingerprint density at radius 3 is 2.42 bits per heavy atom. The van der Waals surface area contributed by atoms with Crippen LogP contribution in [0.3, 0.4) is 0 Å². The van der Waals surface area contributed by atoms with Gasteiger partial charge >= 0.3 is 0 Å². The normalized spacial score (nSPS) is 11.1. The topological polar surface area (TPSA) is 87.5 Å². The second-order valence-electron chi connectivity index (χ2n) is 6.77. The first-order valence-electron chi connectivity index (χ1n) is 10.2. The highest BCUT2D eigenvalue weighted by molar-refractivity contribution is 6.05. The van der Waals surface area contributed by atoms with Crippen molar-refractivity contribution in [2.45, 2.75) is 20.4 Å². The van der Waals surface area contributed by atoms with Crippen LogP contribution in [-0.4, -0.2) is 29.9 Å². The zero-order chi connectivity index (χ0) is 22.1. The minimum Gasteiger partial charge on any atom is -0.465 e. The summed E-state index contributed by atoms with van der Waals surface area (Å²) < 4.78 is 5.30. The highest BCUT2D eigenvalue weighted by Gasteiger charge is 2.15. The van der Waals surface area contributed by atoms with Crippen LogP contribution < -0.4 is 15.5 Å². The van der Waals surface area contributed by atoms with E-state index in [1.165, 1.54) is 12.3 Å². The Kier molecular flexibility index (Phi) is 7.59. The van der Waals surface area contributed by atoms with Gasteiger partial charge in [0.1, 0.15) is 17.3 Å². The Morgan fingerprint density at radius 2 is 1.81 bits per heavy atom. The van der Waals surface area contributed by atoms with Crippen LogP contribution in [-0.2, 0) is 11.3 Å². The van der Waals surface area contributed by atoms with Gasteiger partial charge in [-0.3, -0.25) is 9.59 Å². The maximum Gasteiger partial charge on any atom is 0.268 e. The largest absolute Gasteiger partial charge is 0.465 e. The number of rotatable bonds is 9. The van der Waals surface area contributed by atoms with Crippen molar-refractivity contribution in [3.63, 3.8) is 0 Å². The summed E-state index contributed by atoms with van der Waals surface area (Å²) in [4.78, 5) is 32.0. The molecule has 0 aliphatic rings. The van der Waals surface area contributed by atoms with Gasteiger partial charge in [-0.1, -0.05) is 24.3 Å². The molecule has 7 heteroatoms. The Morgan fingerprint density at radius 1 is 1.03 bits per heavy atom. The summed E-state index contributed by atoms with van der Waals surface area (Å²) in [5.41, 5.74) is 1.41. The lowest BCUT2D eigenvalue weighted by Crippen LogP contribution is -2.34. The molecule has 3 aromatic rings.